The lowest BCUT2D eigenvalue weighted by Crippen LogP contribution is -2.31. The van der Waals surface area contributed by atoms with E-state index in [1.165, 1.54) is 0 Å². The van der Waals surface area contributed by atoms with Gasteiger partial charge in [0.1, 0.15) is 5.69 Å². The molecule has 7 heteroatoms. The number of anilines is 1. The van der Waals surface area contributed by atoms with Crippen LogP contribution in [0.4, 0.5) is 5.95 Å². The maximum atomic E-state index is 12.1. The lowest BCUT2D eigenvalue weighted by Gasteiger charge is -2.15. The molecule has 1 amide bonds. The van der Waals surface area contributed by atoms with E-state index in [2.05, 4.69) is 15.3 Å². The van der Waals surface area contributed by atoms with Crippen LogP contribution in [0.25, 0.3) is 22.5 Å². The van der Waals surface area contributed by atoms with E-state index in [0.717, 1.165) is 28.9 Å². The highest BCUT2D eigenvalue weighted by atomic mass is 35.5. The molecule has 4 rings (SSSR count). The third-order valence-corrected chi connectivity index (χ3v) is 4.67. The van der Waals surface area contributed by atoms with E-state index in [-0.39, 0.29) is 11.9 Å². The average molecular weight is 354 g/mol. The second-order valence-electron chi connectivity index (χ2n) is 5.96. The molecule has 0 bridgehead atoms. The van der Waals surface area contributed by atoms with Gasteiger partial charge in [0.25, 0.3) is 5.91 Å². The molecule has 25 heavy (non-hydrogen) atoms. The number of carbonyl (C=O) groups is 1. The number of halogens is 1. The lowest BCUT2D eigenvalue weighted by atomic mass is 10.0. The second kappa shape index (κ2) is 5.89. The number of hydrogen-bond donors (Lipinski definition) is 2. The molecule has 0 saturated carbocycles. The van der Waals surface area contributed by atoms with Gasteiger partial charge in [-0.3, -0.25) is 4.79 Å². The first kappa shape index (κ1) is 15.7. The number of benzene rings is 1. The van der Waals surface area contributed by atoms with Crippen molar-refractivity contribution in [3.63, 3.8) is 0 Å². The Bertz CT molecular complexity index is 995. The Hall–Kier alpha value is -2.86. The summed E-state index contributed by atoms with van der Waals surface area (Å²) in [6.07, 6.45) is 2.47. The Balaban J connectivity index is 1.95. The summed E-state index contributed by atoms with van der Waals surface area (Å²) in [5, 5.41) is 3.50. The fraction of sp³-hybridized carbons (Fsp3) is 0.167. The van der Waals surface area contributed by atoms with E-state index in [9.17, 15) is 4.79 Å². The number of amides is 1. The van der Waals surface area contributed by atoms with Crippen molar-refractivity contribution in [2.75, 3.05) is 12.3 Å². The van der Waals surface area contributed by atoms with Gasteiger partial charge in [-0.15, -0.1) is 0 Å². The number of nitrogens with two attached hydrogens (primary N) is 1. The number of carbonyl (C=O) groups excluding carboxylic acids is 1. The lowest BCUT2D eigenvalue weighted by molar-refractivity contribution is 0.0945. The van der Waals surface area contributed by atoms with Gasteiger partial charge in [-0.1, -0.05) is 23.7 Å². The maximum Gasteiger partial charge on any atom is 0.253 e. The summed E-state index contributed by atoms with van der Waals surface area (Å²) in [6.45, 7) is 0.635. The third kappa shape index (κ3) is 2.64. The first-order valence-electron chi connectivity index (χ1n) is 7.90. The summed E-state index contributed by atoms with van der Waals surface area (Å²) in [5.74, 6) is 0.124. The van der Waals surface area contributed by atoms with Crippen molar-refractivity contribution in [1.29, 1.82) is 0 Å². The molecule has 0 saturated heterocycles. The van der Waals surface area contributed by atoms with E-state index >= 15 is 0 Å². The minimum atomic E-state index is -0.0607. The Morgan fingerprint density at radius 1 is 1.28 bits per heavy atom. The molecular formula is C18H16ClN5O. The highest BCUT2D eigenvalue weighted by Gasteiger charge is 2.24. The van der Waals surface area contributed by atoms with Crippen LogP contribution in [0.1, 0.15) is 16.1 Å². The van der Waals surface area contributed by atoms with Crippen LogP contribution in [0.15, 0.2) is 36.5 Å². The number of nitrogen functional groups attached to an aromatic ring is 1. The Labute approximate surface area is 149 Å². The van der Waals surface area contributed by atoms with Gasteiger partial charge in [0, 0.05) is 42.5 Å². The predicted octanol–water partition coefficient (Wildman–Crippen LogP) is 2.67. The van der Waals surface area contributed by atoms with Crippen molar-refractivity contribution in [1.82, 2.24) is 19.9 Å². The smallest absolute Gasteiger partial charge is 0.253 e. The molecule has 2 aromatic heterocycles. The van der Waals surface area contributed by atoms with Crippen molar-refractivity contribution >= 4 is 23.5 Å². The van der Waals surface area contributed by atoms with Crippen LogP contribution in [0.3, 0.4) is 0 Å². The van der Waals surface area contributed by atoms with Gasteiger partial charge < -0.3 is 15.6 Å². The molecule has 1 aliphatic heterocycles. The molecular weight excluding hydrogens is 338 g/mol. The minimum Gasteiger partial charge on any atom is -0.368 e. The van der Waals surface area contributed by atoms with Gasteiger partial charge in [-0.2, -0.15) is 0 Å². The second-order valence-corrected chi connectivity index (χ2v) is 6.39. The van der Waals surface area contributed by atoms with Crippen LogP contribution in [0.5, 0.6) is 0 Å². The molecule has 1 aromatic carbocycles. The zero-order chi connectivity index (χ0) is 17.6. The van der Waals surface area contributed by atoms with Crippen LogP contribution in [0, 0.1) is 0 Å². The summed E-state index contributed by atoms with van der Waals surface area (Å²) in [7, 11) is 1.94. The number of aromatic nitrogens is 3. The molecule has 0 spiro atoms. The molecule has 0 aliphatic carbocycles. The summed E-state index contributed by atoms with van der Waals surface area (Å²) in [4.78, 5) is 20.7. The SMILES string of the molecule is Cn1c(-c2nc(N)ncc2-c2cccc(Cl)c2)cc2c1CCNC2=O. The van der Waals surface area contributed by atoms with Gasteiger partial charge in [-0.25, -0.2) is 9.97 Å². The first-order chi connectivity index (χ1) is 12.0. The quantitative estimate of drug-likeness (QED) is 0.741. The molecule has 6 nitrogen and oxygen atoms in total. The molecule has 3 N–H and O–H groups in total. The van der Waals surface area contributed by atoms with E-state index in [0.29, 0.717) is 22.8 Å². The standard InChI is InChI=1S/C18H16ClN5O/c1-24-14-5-6-21-17(25)12(14)8-15(24)16-13(9-22-18(20)23-16)10-3-2-4-11(19)7-10/h2-4,7-9H,5-6H2,1H3,(H,21,25)(H2,20,22,23). The number of nitrogens with zero attached hydrogens (tertiary/aromatic N) is 3. The zero-order valence-corrected chi connectivity index (χ0v) is 14.3. The monoisotopic (exact) mass is 353 g/mol. The first-order valence-corrected chi connectivity index (χ1v) is 8.28. The van der Waals surface area contributed by atoms with Crippen molar-refractivity contribution in [2.45, 2.75) is 6.42 Å². The number of hydrogen-bond acceptors (Lipinski definition) is 4. The topological polar surface area (TPSA) is 85.8 Å². The third-order valence-electron chi connectivity index (χ3n) is 4.44. The van der Waals surface area contributed by atoms with Crippen LogP contribution in [-0.4, -0.2) is 27.0 Å². The highest BCUT2D eigenvalue weighted by Crippen LogP contribution is 2.34. The van der Waals surface area contributed by atoms with Gasteiger partial charge in [-0.05, 0) is 23.8 Å². The highest BCUT2D eigenvalue weighted by molar-refractivity contribution is 6.30. The van der Waals surface area contributed by atoms with Crippen molar-refractivity contribution < 1.29 is 4.79 Å². The normalized spacial score (nSPS) is 13.4. The Morgan fingerprint density at radius 2 is 2.12 bits per heavy atom. The summed E-state index contributed by atoms with van der Waals surface area (Å²) in [5.41, 5.74) is 10.7. The molecule has 3 heterocycles. The van der Waals surface area contributed by atoms with Gasteiger partial charge in [0.15, 0.2) is 0 Å². The van der Waals surface area contributed by atoms with Crippen molar-refractivity contribution in [2.24, 2.45) is 7.05 Å². The average Bonchev–Trinajstić information content (AvgIpc) is 2.93. The molecule has 0 unspecified atom stereocenters. The predicted molar refractivity (Wildman–Crippen MR) is 97.3 cm³/mol. The summed E-state index contributed by atoms with van der Waals surface area (Å²) in [6, 6.07) is 9.35. The van der Waals surface area contributed by atoms with Crippen LogP contribution >= 0.6 is 11.6 Å². The Morgan fingerprint density at radius 3 is 2.88 bits per heavy atom. The molecule has 126 valence electrons. The van der Waals surface area contributed by atoms with E-state index in [1.54, 1.807) is 6.20 Å². The van der Waals surface area contributed by atoms with E-state index in [1.807, 2.05) is 41.9 Å². The van der Waals surface area contributed by atoms with Gasteiger partial charge in [0.2, 0.25) is 5.95 Å². The largest absolute Gasteiger partial charge is 0.368 e. The van der Waals surface area contributed by atoms with Crippen LogP contribution in [0.2, 0.25) is 5.02 Å². The van der Waals surface area contributed by atoms with Crippen LogP contribution in [-0.2, 0) is 13.5 Å². The number of rotatable bonds is 2. The summed E-state index contributed by atoms with van der Waals surface area (Å²) < 4.78 is 2.00. The minimum absolute atomic E-state index is 0.0607. The summed E-state index contributed by atoms with van der Waals surface area (Å²) >= 11 is 6.13. The number of nitrogens with one attached hydrogen (secondary N) is 1. The fourth-order valence-electron chi connectivity index (χ4n) is 3.22. The van der Waals surface area contributed by atoms with Gasteiger partial charge >= 0.3 is 0 Å². The van der Waals surface area contributed by atoms with Crippen molar-refractivity contribution in [3.8, 4) is 22.5 Å². The van der Waals surface area contributed by atoms with Gasteiger partial charge in [0.05, 0.1) is 11.3 Å². The maximum absolute atomic E-state index is 12.1. The molecule has 0 atom stereocenters. The fourth-order valence-corrected chi connectivity index (χ4v) is 3.41. The van der Waals surface area contributed by atoms with E-state index in [4.69, 9.17) is 17.3 Å². The molecule has 0 fully saturated rings. The van der Waals surface area contributed by atoms with E-state index < -0.39 is 0 Å². The number of fused-ring (bicyclic) bond motifs is 1. The Kier molecular flexibility index (Phi) is 3.69. The molecule has 1 aliphatic rings. The van der Waals surface area contributed by atoms with Crippen LogP contribution < -0.4 is 11.1 Å². The molecule has 0 radical (unpaired) electrons. The molecule has 3 aromatic rings. The van der Waals surface area contributed by atoms with Crippen molar-refractivity contribution in [3.05, 3.63) is 52.8 Å². The zero-order valence-electron chi connectivity index (χ0n) is 13.6.